The highest BCUT2D eigenvalue weighted by atomic mass is 79.9. The summed E-state index contributed by atoms with van der Waals surface area (Å²) in [5.74, 6) is -0.177. The van der Waals surface area contributed by atoms with Crippen LogP contribution in [0.5, 0.6) is 5.75 Å². The van der Waals surface area contributed by atoms with Gasteiger partial charge in [-0.25, -0.2) is 9.78 Å². The number of hydrogen-bond donors (Lipinski definition) is 1. The largest absolute Gasteiger partial charge is 0.493 e. The predicted molar refractivity (Wildman–Crippen MR) is 96.6 cm³/mol. The average molecular weight is 398 g/mol. The molecule has 0 spiro atoms. The molecule has 0 radical (unpaired) electrons. The third kappa shape index (κ3) is 4.54. The molecule has 0 aliphatic rings. The average Bonchev–Trinajstić information content (AvgIpc) is 2.97. The molecule has 0 fully saturated rings. The maximum atomic E-state index is 11.4. The van der Waals surface area contributed by atoms with Crippen molar-refractivity contribution in [2.24, 2.45) is 0 Å². The summed E-state index contributed by atoms with van der Waals surface area (Å²) in [5.41, 5.74) is 1.46. The first-order valence-corrected chi connectivity index (χ1v) is 9.33. The van der Waals surface area contributed by atoms with Crippen molar-refractivity contribution < 1.29 is 14.6 Å². The standard InChI is InChI=1S/C17H20BrNO3S/c1-3-5-6-9-22-14-8-7-11(18)10-12(14)16-19-13(4-2)15(23-16)17(20)21/h7-8,10H,3-6,9H2,1-2H3,(H,20,21). The predicted octanol–water partition coefficient (Wildman–Crippen LogP) is 5.40. The molecule has 0 atom stereocenters. The van der Waals surface area contributed by atoms with Crippen LogP contribution in [-0.4, -0.2) is 22.7 Å². The number of unbranched alkanes of at least 4 members (excludes halogenated alkanes) is 2. The van der Waals surface area contributed by atoms with Crippen LogP contribution in [0, 0.1) is 0 Å². The van der Waals surface area contributed by atoms with Crippen molar-refractivity contribution >= 4 is 33.2 Å². The Morgan fingerprint density at radius 1 is 1.35 bits per heavy atom. The zero-order valence-corrected chi connectivity index (χ0v) is 15.7. The number of hydrogen-bond acceptors (Lipinski definition) is 4. The number of nitrogens with zero attached hydrogens (tertiary/aromatic N) is 1. The molecule has 6 heteroatoms. The lowest BCUT2D eigenvalue weighted by atomic mass is 10.2. The van der Waals surface area contributed by atoms with Crippen LogP contribution in [0.2, 0.25) is 0 Å². The summed E-state index contributed by atoms with van der Waals surface area (Å²) in [6.07, 6.45) is 3.88. The van der Waals surface area contributed by atoms with Crippen LogP contribution >= 0.6 is 27.3 Å². The number of aryl methyl sites for hydroxylation is 1. The van der Waals surface area contributed by atoms with Crippen molar-refractivity contribution in [1.29, 1.82) is 0 Å². The van der Waals surface area contributed by atoms with Gasteiger partial charge in [-0.3, -0.25) is 0 Å². The minimum atomic E-state index is -0.925. The zero-order chi connectivity index (χ0) is 16.8. The Bertz CT molecular complexity index is 684. The minimum Gasteiger partial charge on any atom is -0.493 e. The number of halogens is 1. The summed E-state index contributed by atoms with van der Waals surface area (Å²) < 4.78 is 6.81. The third-order valence-electron chi connectivity index (χ3n) is 3.40. The highest BCUT2D eigenvalue weighted by Gasteiger charge is 2.19. The molecule has 0 amide bonds. The van der Waals surface area contributed by atoms with Gasteiger partial charge in [-0.1, -0.05) is 42.6 Å². The summed E-state index contributed by atoms with van der Waals surface area (Å²) in [6.45, 7) is 4.72. The van der Waals surface area contributed by atoms with Crippen molar-refractivity contribution in [2.45, 2.75) is 39.5 Å². The van der Waals surface area contributed by atoms with Crippen molar-refractivity contribution in [2.75, 3.05) is 6.61 Å². The van der Waals surface area contributed by atoms with Gasteiger partial charge in [0.15, 0.2) is 0 Å². The monoisotopic (exact) mass is 397 g/mol. The Morgan fingerprint density at radius 3 is 2.74 bits per heavy atom. The van der Waals surface area contributed by atoms with Crippen LogP contribution in [0.3, 0.4) is 0 Å². The Hall–Kier alpha value is -1.40. The summed E-state index contributed by atoms with van der Waals surface area (Å²) >= 11 is 4.66. The summed E-state index contributed by atoms with van der Waals surface area (Å²) in [7, 11) is 0. The van der Waals surface area contributed by atoms with Gasteiger partial charge < -0.3 is 9.84 Å². The Labute approximate surface area is 148 Å². The molecule has 23 heavy (non-hydrogen) atoms. The van der Waals surface area contributed by atoms with Gasteiger partial charge in [-0.2, -0.15) is 0 Å². The number of rotatable bonds is 8. The quantitative estimate of drug-likeness (QED) is 0.605. The van der Waals surface area contributed by atoms with E-state index < -0.39 is 5.97 Å². The number of aromatic carboxylic acids is 1. The molecule has 1 heterocycles. The van der Waals surface area contributed by atoms with Crippen LogP contribution in [0.25, 0.3) is 10.6 Å². The van der Waals surface area contributed by atoms with E-state index in [1.165, 1.54) is 11.3 Å². The van der Waals surface area contributed by atoms with Gasteiger partial charge in [0, 0.05) is 4.47 Å². The maximum absolute atomic E-state index is 11.4. The fourth-order valence-electron chi connectivity index (χ4n) is 2.20. The minimum absolute atomic E-state index is 0.305. The molecule has 4 nitrogen and oxygen atoms in total. The van der Waals surface area contributed by atoms with Gasteiger partial charge in [-0.15, -0.1) is 11.3 Å². The second-order valence-electron chi connectivity index (χ2n) is 5.15. The summed E-state index contributed by atoms with van der Waals surface area (Å²) in [6, 6.07) is 5.75. The lowest BCUT2D eigenvalue weighted by Crippen LogP contribution is -1.98. The molecule has 1 aromatic heterocycles. The Balaban J connectivity index is 2.34. The number of aromatic nitrogens is 1. The molecule has 0 aliphatic heterocycles. The molecule has 2 rings (SSSR count). The second kappa shape index (κ2) is 8.45. The smallest absolute Gasteiger partial charge is 0.347 e. The Kier molecular flexibility index (Phi) is 6.59. The highest BCUT2D eigenvalue weighted by molar-refractivity contribution is 9.10. The van der Waals surface area contributed by atoms with Crippen LogP contribution < -0.4 is 4.74 Å². The van der Waals surface area contributed by atoms with E-state index in [9.17, 15) is 9.90 Å². The first-order chi connectivity index (χ1) is 11.1. The molecular weight excluding hydrogens is 378 g/mol. The van der Waals surface area contributed by atoms with E-state index >= 15 is 0 Å². The first kappa shape index (κ1) is 17.9. The van der Waals surface area contributed by atoms with E-state index in [-0.39, 0.29) is 0 Å². The van der Waals surface area contributed by atoms with Crippen molar-refractivity contribution in [3.63, 3.8) is 0 Å². The van der Waals surface area contributed by atoms with E-state index in [0.717, 1.165) is 35.0 Å². The maximum Gasteiger partial charge on any atom is 0.347 e. The fourth-order valence-corrected chi connectivity index (χ4v) is 3.58. The zero-order valence-electron chi connectivity index (χ0n) is 13.3. The van der Waals surface area contributed by atoms with Gasteiger partial charge in [0.1, 0.15) is 15.6 Å². The van der Waals surface area contributed by atoms with Gasteiger partial charge in [-0.05, 0) is 31.0 Å². The van der Waals surface area contributed by atoms with Crippen LogP contribution in [0.4, 0.5) is 0 Å². The van der Waals surface area contributed by atoms with E-state index in [1.54, 1.807) is 0 Å². The van der Waals surface area contributed by atoms with Crippen LogP contribution in [-0.2, 0) is 6.42 Å². The normalized spacial score (nSPS) is 10.7. The number of thiazole rings is 1. The van der Waals surface area contributed by atoms with Crippen molar-refractivity contribution in [1.82, 2.24) is 4.98 Å². The van der Waals surface area contributed by atoms with Gasteiger partial charge in [0.2, 0.25) is 0 Å². The number of benzene rings is 1. The van der Waals surface area contributed by atoms with Crippen molar-refractivity contribution in [3.05, 3.63) is 33.2 Å². The molecule has 0 unspecified atom stereocenters. The molecule has 1 N–H and O–H groups in total. The number of carbonyl (C=O) groups is 1. The molecule has 124 valence electrons. The highest BCUT2D eigenvalue weighted by Crippen LogP contribution is 2.36. The third-order valence-corrected chi connectivity index (χ3v) is 5.02. The fraction of sp³-hybridized carbons (Fsp3) is 0.412. The van der Waals surface area contributed by atoms with E-state index in [1.807, 2.05) is 25.1 Å². The number of carboxylic acids is 1. The van der Waals surface area contributed by atoms with E-state index in [0.29, 0.717) is 28.6 Å². The van der Waals surface area contributed by atoms with Crippen LogP contribution in [0.1, 0.15) is 48.5 Å². The first-order valence-electron chi connectivity index (χ1n) is 7.72. The number of ether oxygens (including phenoxy) is 1. The van der Waals surface area contributed by atoms with Crippen LogP contribution in [0.15, 0.2) is 22.7 Å². The topological polar surface area (TPSA) is 59.4 Å². The SMILES string of the molecule is CCCCCOc1ccc(Br)cc1-c1nc(CC)c(C(=O)O)s1. The number of carboxylic acid groups (broad SMARTS) is 1. The van der Waals surface area contributed by atoms with Crippen molar-refractivity contribution in [3.8, 4) is 16.3 Å². The molecule has 0 saturated carbocycles. The molecule has 0 saturated heterocycles. The molecule has 0 bridgehead atoms. The molecule has 0 aliphatic carbocycles. The summed E-state index contributed by atoms with van der Waals surface area (Å²) in [5, 5.41) is 10.00. The summed E-state index contributed by atoms with van der Waals surface area (Å²) in [4.78, 5) is 16.2. The van der Waals surface area contributed by atoms with Gasteiger partial charge in [0.25, 0.3) is 0 Å². The lowest BCUT2D eigenvalue weighted by molar-refractivity contribution is 0.0701. The second-order valence-corrected chi connectivity index (χ2v) is 7.06. The lowest BCUT2D eigenvalue weighted by Gasteiger charge is -2.10. The van der Waals surface area contributed by atoms with E-state index in [4.69, 9.17) is 4.74 Å². The van der Waals surface area contributed by atoms with Gasteiger partial charge in [0.05, 0.1) is 17.9 Å². The molecule has 1 aromatic carbocycles. The Morgan fingerprint density at radius 2 is 2.13 bits per heavy atom. The molecular formula is C17H20BrNO3S. The molecule has 2 aromatic rings. The van der Waals surface area contributed by atoms with E-state index in [2.05, 4.69) is 27.8 Å². The van der Waals surface area contributed by atoms with Gasteiger partial charge >= 0.3 is 5.97 Å².